The average Bonchev–Trinajstić information content (AvgIpc) is 3.02. The van der Waals surface area contributed by atoms with E-state index in [1.807, 2.05) is 29.2 Å². The Morgan fingerprint density at radius 3 is 2.64 bits per heavy atom. The minimum absolute atomic E-state index is 0.0251. The number of nitrogens with one attached hydrogen (secondary N) is 1. The third kappa shape index (κ3) is 4.04. The van der Waals surface area contributed by atoms with E-state index in [4.69, 9.17) is 0 Å². The second-order valence-electron chi connectivity index (χ2n) is 6.44. The molecule has 4 rings (SSSR count). The molecule has 1 saturated heterocycles. The number of ether oxygens (including phenoxy) is 1. The molecule has 0 unspecified atom stereocenters. The Morgan fingerprint density at radius 1 is 1.18 bits per heavy atom. The first kappa shape index (κ1) is 18.5. The van der Waals surface area contributed by atoms with Crippen LogP contribution in [0.2, 0.25) is 0 Å². The molecule has 1 aliphatic rings. The maximum absolute atomic E-state index is 12.5. The highest BCUT2D eigenvalue weighted by molar-refractivity contribution is 7.22. The van der Waals surface area contributed by atoms with Gasteiger partial charge in [-0.2, -0.15) is 0 Å². The van der Waals surface area contributed by atoms with Crippen molar-refractivity contribution in [1.29, 1.82) is 0 Å². The van der Waals surface area contributed by atoms with Crippen molar-refractivity contribution in [2.75, 3.05) is 18.0 Å². The standard InChI is InChI=1S/C19H16F3N3O2S/c20-19(21,22)27-15-7-3-1-5-12(15)9-23-17(26)13-10-25(11-13)18-24-14-6-2-4-8-16(14)28-18/h1-8,13H,9-11H2,(H,23,26). The van der Waals surface area contributed by atoms with Crippen molar-refractivity contribution in [3.63, 3.8) is 0 Å². The van der Waals surface area contributed by atoms with Crippen molar-refractivity contribution in [1.82, 2.24) is 10.3 Å². The van der Waals surface area contributed by atoms with Gasteiger partial charge in [-0.05, 0) is 18.2 Å². The fourth-order valence-electron chi connectivity index (χ4n) is 3.00. The van der Waals surface area contributed by atoms with E-state index in [2.05, 4.69) is 15.0 Å². The quantitative estimate of drug-likeness (QED) is 0.696. The maximum atomic E-state index is 12.5. The van der Waals surface area contributed by atoms with Gasteiger partial charge in [0.05, 0.1) is 16.1 Å². The number of hydrogen-bond acceptors (Lipinski definition) is 5. The molecule has 5 nitrogen and oxygen atoms in total. The Labute approximate surface area is 162 Å². The van der Waals surface area contributed by atoms with Crippen molar-refractivity contribution in [3.8, 4) is 5.75 Å². The summed E-state index contributed by atoms with van der Waals surface area (Å²) in [5.41, 5.74) is 1.20. The molecule has 0 aliphatic carbocycles. The minimum Gasteiger partial charge on any atom is -0.405 e. The minimum atomic E-state index is -4.77. The van der Waals surface area contributed by atoms with E-state index < -0.39 is 6.36 Å². The predicted octanol–water partition coefficient (Wildman–Crippen LogP) is 3.95. The highest BCUT2D eigenvalue weighted by Gasteiger charge is 2.35. The first-order valence-electron chi connectivity index (χ1n) is 8.61. The summed E-state index contributed by atoms with van der Waals surface area (Å²) in [6, 6.07) is 13.6. The number of benzene rings is 2. The Balaban J connectivity index is 1.32. The number of fused-ring (bicyclic) bond motifs is 1. The van der Waals surface area contributed by atoms with Crippen LogP contribution in [0.15, 0.2) is 48.5 Å². The van der Waals surface area contributed by atoms with E-state index in [0.29, 0.717) is 13.1 Å². The van der Waals surface area contributed by atoms with Gasteiger partial charge < -0.3 is 15.0 Å². The normalized spacial score (nSPS) is 14.8. The molecule has 0 radical (unpaired) electrons. The fraction of sp³-hybridized carbons (Fsp3) is 0.263. The van der Waals surface area contributed by atoms with E-state index >= 15 is 0 Å². The van der Waals surface area contributed by atoms with Gasteiger partial charge in [-0.1, -0.05) is 41.7 Å². The maximum Gasteiger partial charge on any atom is 0.573 e. The number of alkyl halides is 3. The molecule has 1 aromatic heterocycles. The number of aromatic nitrogens is 1. The van der Waals surface area contributed by atoms with E-state index in [0.717, 1.165) is 15.3 Å². The van der Waals surface area contributed by atoms with Crippen LogP contribution in [-0.4, -0.2) is 30.3 Å². The van der Waals surface area contributed by atoms with E-state index in [1.165, 1.54) is 18.2 Å². The number of carbonyl (C=O) groups excluding carboxylic acids is 1. The van der Waals surface area contributed by atoms with Gasteiger partial charge in [0.25, 0.3) is 0 Å². The molecule has 1 fully saturated rings. The molecule has 1 N–H and O–H groups in total. The van der Waals surface area contributed by atoms with E-state index in [-0.39, 0.29) is 29.7 Å². The molecule has 0 atom stereocenters. The molecule has 0 spiro atoms. The van der Waals surface area contributed by atoms with Crippen LogP contribution in [-0.2, 0) is 11.3 Å². The lowest BCUT2D eigenvalue weighted by Crippen LogP contribution is -2.53. The first-order chi connectivity index (χ1) is 13.4. The van der Waals surface area contributed by atoms with Gasteiger partial charge in [0.1, 0.15) is 5.75 Å². The van der Waals surface area contributed by atoms with Gasteiger partial charge in [0.15, 0.2) is 5.13 Å². The molecular weight excluding hydrogens is 391 g/mol. The number of amides is 1. The zero-order chi connectivity index (χ0) is 19.7. The summed E-state index contributed by atoms with van der Waals surface area (Å²) in [7, 11) is 0. The molecule has 9 heteroatoms. The monoisotopic (exact) mass is 407 g/mol. The summed E-state index contributed by atoms with van der Waals surface area (Å²) in [4.78, 5) is 18.9. The van der Waals surface area contributed by atoms with Crippen molar-refractivity contribution in [2.45, 2.75) is 12.9 Å². The zero-order valence-electron chi connectivity index (χ0n) is 14.6. The number of hydrogen-bond donors (Lipinski definition) is 1. The van der Waals surface area contributed by atoms with Crippen molar-refractivity contribution in [3.05, 3.63) is 54.1 Å². The lowest BCUT2D eigenvalue weighted by molar-refractivity contribution is -0.274. The fourth-order valence-corrected chi connectivity index (χ4v) is 3.98. The van der Waals surface area contributed by atoms with E-state index in [1.54, 1.807) is 17.4 Å². The molecule has 0 saturated carbocycles. The highest BCUT2D eigenvalue weighted by atomic mass is 32.1. The number of anilines is 1. The third-order valence-corrected chi connectivity index (χ3v) is 5.55. The summed E-state index contributed by atoms with van der Waals surface area (Å²) in [6.07, 6.45) is -4.77. The largest absolute Gasteiger partial charge is 0.573 e. The van der Waals surface area contributed by atoms with E-state index in [9.17, 15) is 18.0 Å². The molecular formula is C19H16F3N3O2S. The number of thiazole rings is 1. The Hall–Kier alpha value is -2.81. The van der Waals surface area contributed by atoms with Crippen LogP contribution in [0.1, 0.15) is 5.56 Å². The molecule has 28 heavy (non-hydrogen) atoms. The summed E-state index contributed by atoms with van der Waals surface area (Å²) in [6.45, 7) is 1.04. The van der Waals surface area contributed by atoms with Crippen LogP contribution in [0, 0.1) is 5.92 Å². The SMILES string of the molecule is O=C(NCc1ccccc1OC(F)(F)F)C1CN(c2nc3ccccc3s2)C1. The lowest BCUT2D eigenvalue weighted by Gasteiger charge is -2.38. The summed E-state index contributed by atoms with van der Waals surface area (Å²) in [5, 5.41) is 3.57. The molecule has 2 aromatic carbocycles. The van der Waals surface area contributed by atoms with Crippen molar-refractivity contribution < 1.29 is 22.7 Å². The van der Waals surface area contributed by atoms with Gasteiger partial charge in [-0.25, -0.2) is 4.98 Å². The zero-order valence-corrected chi connectivity index (χ0v) is 15.4. The molecule has 1 aliphatic heterocycles. The Kier molecular flexibility index (Phi) is 4.84. The van der Waals surface area contributed by atoms with Gasteiger partial charge in [-0.15, -0.1) is 13.2 Å². The van der Waals surface area contributed by atoms with Gasteiger partial charge in [-0.3, -0.25) is 4.79 Å². The first-order valence-corrected chi connectivity index (χ1v) is 9.42. The molecule has 3 aromatic rings. The number of rotatable bonds is 5. The lowest BCUT2D eigenvalue weighted by atomic mass is 10.00. The second-order valence-corrected chi connectivity index (χ2v) is 7.45. The smallest absolute Gasteiger partial charge is 0.405 e. The molecule has 0 bridgehead atoms. The topological polar surface area (TPSA) is 54.5 Å². The number of nitrogens with zero attached hydrogens (tertiary/aromatic N) is 2. The van der Waals surface area contributed by atoms with Crippen LogP contribution >= 0.6 is 11.3 Å². The summed E-state index contributed by atoms with van der Waals surface area (Å²) in [5.74, 6) is -0.720. The van der Waals surface area contributed by atoms with Crippen LogP contribution in [0.4, 0.5) is 18.3 Å². The molecule has 146 valence electrons. The Bertz CT molecular complexity index is 966. The van der Waals surface area contributed by atoms with Gasteiger partial charge in [0.2, 0.25) is 5.91 Å². The third-order valence-electron chi connectivity index (χ3n) is 4.46. The van der Waals surface area contributed by atoms with Crippen LogP contribution in [0.5, 0.6) is 5.75 Å². The number of para-hydroxylation sites is 2. The Morgan fingerprint density at radius 2 is 1.89 bits per heavy atom. The predicted molar refractivity (Wildman–Crippen MR) is 100 cm³/mol. The van der Waals surface area contributed by atoms with Crippen molar-refractivity contribution in [2.24, 2.45) is 5.92 Å². The van der Waals surface area contributed by atoms with Crippen molar-refractivity contribution >= 4 is 32.6 Å². The average molecular weight is 407 g/mol. The molecule has 2 heterocycles. The van der Waals surface area contributed by atoms with Gasteiger partial charge >= 0.3 is 6.36 Å². The van der Waals surface area contributed by atoms with Crippen LogP contribution in [0.25, 0.3) is 10.2 Å². The van der Waals surface area contributed by atoms with Crippen LogP contribution < -0.4 is 15.0 Å². The number of carbonyl (C=O) groups is 1. The second kappa shape index (κ2) is 7.31. The number of halogens is 3. The molecule has 1 amide bonds. The summed E-state index contributed by atoms with van der Waals surface area (Å²) < 4.78 is 42.5. The summed E-state index contributed by atoms with van der Waals surface area (Å²) >= 11 is 1.57. The van der Waals surface area contributed by atoms with Crippen LogP contribution in [0.3, 0.4) is 0 Å². The highest BCUT2D eigenvalue weighted by Crippen LogP contribution is 2.33. The van der Waals surface area contributed by atoms with Gasteiger partial charge in [0, 0.05) is 25.2 Å².